The Balaban J connectivity index is 1.30. The highest BCUT2D eigenvalue weighted by atomic mass is 32.1. The molecule has 2 aromatic heterocycles. The molecule has 11 nitrogen and oxygen atoms in total. The summed E-state index contributed by atoms with van der Waals surface area (Å²) in [6.45, 7) is 10.3. The van der Waals surface area contributed by atoms with E-state index >= 15 is 0 Å². The Morgan fingerprint density at radius 2 is 1.74 bits per heavy atom. The number of anilines is 2. The van der Waals surface area contributed by atoms with Gasteiger partial charge in [-0.05, 0) is 45.5 Å². The predicted molar refractivity (Wildman–Crippen MR) is 149 cm³/mol. The molecule has 0 saturated carbocycles. The van der Waals surface area contributed by atoms with Crippen LogP contribution in [0.2, 0.25) is 0 Å². The molecule has 4 rings (SSSR count). The highest BCUT2D eigenvalue weighted by Gasteiger charge is 2.29. The van der Waals surface area contributed by atoms with Gasteiger partial charge in [0.15, 0.2) is 5.11 Å². The second kappa shape index (κ2) is 12.1. The largest absolute Gasteiger partial charge is 0.450 e. The van der Waals surface area contributed by atoms with E-state index in [1.807, 2.05) is 24.7 Å². The van der Waals surface area contributed by atoms with Crippen LogP contribution in [0.5, 0.6) is 0 Å². The van der Waals surface area contributed by atoms with Gasteiger partial charge in [0.25, 0.3) is 0 Å². The maximum absolute atomic E-state index is 13.1. The summed E-state index contributed by atoms with van der Waals surface area (Å²) in [5.41, 5.74) is 4.58. The number of thiocarbonyl (C=S) groups is 1. The third kappa shape index (κ3) is 6.68. The molecule has 2 N–H and O–H groups in total. The van der Waals surface area contributed by atoms with Crippen molar-refractivity contribution in [3.8, 4) is 0 Å². The average molecular weight is 539 g/mol. The van der Waals surface area contributed by atoms with Gasteiger partial charge in [-0.25, -0.2) is 4.79 Å². The molecule has 3 aromatic rings. The van der Waals surface area contributed by atoms with Gasteiger partial charge in [0.1, 0.15) is 6.04 Å². The number of rotatable bonds is 7. The smallest absolute Gasteiger partial charge is 0.409 e. The van der Waals surface area contributed by atoms with E-state index in [9.17, 15) is 9.59 Å². The Labute approximate surface area is 227 Å². The van der Waals surface area contributed by atoms with Crippen molar-refractivity contribution >= 4 is 40.7 Å². The molecule has 3 heterocycles. The molecular formula is C26H34N8O3S. The molecule has 1 aromatic carbocycles. The molecule has 1 unspecified atom stereocenters. The van der Waals surface area contributed by atoms with Gasteiger partial charge in [0.2, 0.25) is 5.91 Å². The minimum Gasteiger partial charge on any atom is -0.450 e. The summed E-state index contributed by atoms with van der Waals surface area (Å²) >= 11 is 5.50. The molecule has 1 saturated heterocycles. The first-order valence-corrected chi connectivity index (χ1v) is 13.1. The molecule has 0 spiro atoms. The third-order valence-electron chi connectivity index (χ3n) is 6.39. The molecule has 1 atom stereocenters. The fourth-order valence-electron chi connectivity index (χ4n) is 4.18. The number of carbonyl (C=O) groups excluding carboxylic acids is 2. The minimum absolute atomic E-state index is 0.0516. The van der Waals surface area contributed by atoms with Gasteiger partial charge >= 0.3 is 6.09 Å². The summed E-state index contributed by atoms with van der Waals surface area (Å²) in [6.07, 6.45) is 5.06. The van der Waals surface area contributed by atoms with Gasteiger partial charge in [0, 0.05) is 38.6 Å². The summed E-state index contributed by atoms with van der Waals surface area (Å²) in [7, 11) is 0. The van der Waals surface area contributed by atoms with Crippen LogP contribution in [0.1, 0.15) is 36.7 Å². The number of nitrogens with zero attached hydrogens (tertiary/aromatic N) is 6. The summed E-state index contributed by atoms with van der Waals surface area (Å²) in [4.78, 5) is 28.4. The topological polar surface area (TPSA) is 110 Å². The molecule has 2 amide bonds. The van der Waals surface area contributed by atoms with E-state index in [4.69, 9.17) is 17.0 Å². The van der Waals surface area contributed by atoms with E-state index in [0.29, 0.717) is 50.1 Å². The van der Waals surface area contributed by atoms with Crippen LogP contribution in [-0.2, 0) is 16.1 Å². The van der Waals surface area contributed by atoms with Crippen LogP contribution in [0.25, 0.3) is 0 Å². The molecule has 0 aliphatic carbocycles. The SMILES string of the molecule is CCOC(=O)N1CCN(C(=O)C(C)n2cc(NC(=S)Nc3cnn(Cc4ccc(C)cc4)c3)c(C)n2)CC1. The highest BCUT2D eigenvalue weighted by Crippen LogP contribution is 2.19. The van der Waals surface area contributed by atoms with Gasteiger partial charge in [0.05, 0.1) is 36.4 Å². The van der Waals surface area contributed by atoms with Gasteiger partial charge in [-0.1, -0.05) is 29.8 Å². The standard InChI is InChI=1S/C26H34N8O3S/c1-5-37-26(36)32-12-10-31(11-13-32)24(35)20(4)34-17-23(19(3)30-34)29-25(38)28-22-14-27-33(16-22)15-21-8-6-18(2)7-9-21/h6-9,14,16-17,20H,5,10-13,15H2,1-4H3,(H2,28,29,38). The Hall–Kier alpha value is -3.93. The van der Waals surface area contributed by atoms with Crippen LogP contribution < -0.4 is 10.6 Å². The first kappa shape index (κ1) is 27.1. The number of aromatic nitrogens is 4. The molecule has 0 bridgehead atoms. The van der Waals surface area contributed by atoms with E-state index in [1.54, 1.807) is 33.8 Å². The number of aryl methyl sites for hydroxylation is 2. The van der Waals surface area contributed by atoms with Crippen LogP contribution in [0.3, 0.4) is 0 Å². The predicted octanol–water partition coefficient (Wildman–Crippen LogP) is 3.42. The Kier molecular flexibility index (Phi) is 8.62. The fraction of sp³-hybridized carbons (Fsp3) is 0.423. The molecule has 1 fully saturated rings. The summed E-state index contributed by atoms with van der Waals surface area (Å²) < 4.78 is 8.53. The van der Waals surface area contributed by atoms with Crippen LogP contribution in [0, 0.1) is 13.8 Å². The van der Waals surface area contributed by atoms with E-state index in [-0.39, 0.29) is 12.0 Å². The van der Waals surface area contributed by atoms with Crippen molar-refractivity contribution in [2.24, 2.45) is 0 Å². The lowest BCUT2D eigenvalue weighted by atomic mass is 10.1. The highest BCUT2D eigenvalue weighted by molar-refractivity contribution is 7.80. The normalized spacial score (nSPS) is 14.2. The zero-order valence-corrected chi connectivity index (χ0v) is 23.0. The Morgan fingerprint density at radius 1 is 1.05 bits per heavy atom. The van der Waals surface area contributed by atoms with Crippen LogP contribution in [0.15, 0.2) is 42.9 Å². The van der Waals surface area contributed by atoms with Crippen molar-refractivity contribution in [3.05, 3.63) is 59.7 Å². The number of ether oxygens (including phenoxy) is 1. The second-order valence-electron chi connectivity index (χ2n) is 9.29. The fourth-order valence-corrected chi connectivity index (χ4v) is 4.41. The van der Waals surface area contributed by atoms with Gasteiger partial charge in [-0.15, -0.1) is 0 Å². The quantitative estimate of drug-likeness (QED) is 0.441. The zero-order valence-electron chi connectivity index (χ0n) is 22.2. The number of amides is 2. The maximum atomic E-state index is 13.1. The van der Waals surface area contributed by atoms with E-state index in [2.05, 4.69) is 52.0 Å². The first-order chi connectivity index (χ1) is 18.2. The van der Waals surface area contributed by atoms with Crippen molar-refractivity contribution in [2.75, 3.05) is 43.4 Å². The first-order valence-electron chi connectivity index (χ1n) is 12.7. The summed E-state index contributed by atoms with van der Waals surface area (Å²) in [6, 6.07) is 7.85. The van der Waals surface area contributed by atoms with Crippen molar-refractivity contribution < 1.29 is 14.3 Å². The average Bonchev–Trinajstić information content (AvgIpc) is 3.50. The number of benzene rings is 1. The number of hydrogen-bond donors (Lipinski definition) is 2. The Bertz CT molecular complexity index is 1280. The zero-order chi connectivity index (χ0) is 27.2. The number of hydrogen-bond acceptors (Lipinski definition) is 6. The number of carbonyl (C=O) groups is 2. The van der Waals surface area contributed by atoms with Gasteiger partial charge < -0.3 is 25.2 Å². The van der Waals surface area contributed by atoms with E-state index in [1.165, 1.54) is 11.1 Å². The number of nitrogens with one attached hydrogen (secondary N) is 2. The third-order valence-corrected chi connectivity index (χ3v) is 6.60. The maximum Gasteiger partial charge on any atom is 0.409 e. The lowest BCUT2D eigenvalue weighted by Crippen LogP contribution is -2.52. The lowest BCUT2D eigenvalue weighted by Gasteiger charge is -2.35. The van der Waals surface area contributed by atoms with Crippen molar-refractivity contribution in [1.29, 1.82) is 0 Å². The molecule has 0 radical (unpaired) electrons. The number of piperazine rings is 1. The summed E-state index contributed by atoms with van der Waals surface area (Å²) in [5.74, 6) is -0.0516. The lowest BCUT2D eigenvalue weighted by molar-refractivity contribution is -0.136. The van der Waals surface area contributed by atoms with Crippen molar-refractivity contribution in [2.45, 2.75) is 40.3 Å². The van der Waals surface area contributed by atoms with Crippen LogP contribution in [0.4, 0.5) is 16.2 Å². The van der Waals surface area contributed by atoms with E-state index < -0.39 is 6.04 Å². The summed E-state index contributed by atoms with van der Waals surface area (Å²) in [5, 5.41) is 15.6. The van der Waals surface area contributed by atoms with Crippen molar-refractivity contribution in [1.82, 2.24) is 29.4 Å². The van der Waals surface area contributed by atoms with Gasteiger partial charge in [-0.2, -0.15) is 10.2 Å². The molecular weight excluding hydrogens is 504 g/mol. The molecule has 202 valence electrons. The second-order valence-corrected chi connectivity index (χ2v) is 9.69. The molecule has 38 heavy (non-hydrogen) atoms. The molecule has 1 aliphatic heterocycles. The van der Waals surface area contributed by atoms with Gasteiger partial charge in [-0.3, -0.25) is 14.2 Å². The van der Waals surface area contributed by atoms with Crippen LogP contribution >= 0.6 is 12.2 Å². The Morgan fingerprint density at radius 3 is 2.42 bits per heavy atom. The molecule has 1 aliphatic rings. The van der Waals surface area contributed by atoms with E-state index in [0.717, 1.165) is 11.4 Å². The monoisotopic (exact) mass is 538 g/mol. The van der Waals surface area contributed by atoms with Crippen molar-refractivity contribution in [3.63, 3.8) is 0 Å². The van der Waals surface area contributed by atoms with Crippen LogP contribution in [-0.4, -0.2) is 79.3 Å². The minimum atomic E-state index is -0.500. The molecule has 12 heteroatoms.